The first-order valence-electron chi connectivity index (χ1n) is 11.5. The van der Waals surface area contributed by atoms with Crippen LogP contribution in [0.1, 0.15) is 52.2 Å². The van der Waals surface area contributed by atoms with Gasteiger partial charge in [0.15, 0.2) is 0 Å². The smallest absolute Gasteiger partial charge is 0.219 e. The van der Waals surface area contributed by atoms with Gasteiger partial charge in [0.25, 0.3) is 0 Å². The van der Waals surface area contributed by atoms with E-state index in [0.29, 0.717) is 22.2 Å². The Labute approximate surface area is 206 Å². The molecule has 2 aromatic rings. The van der Waals surface area contributed by atoms with E-state index in [1.54, 1.807) is 31.2 Å². The fourth-order valence-electron chi connectivity index (χ4n) is 2.84. The molecule has 0 fully saturated rings. The van der Waals surface area contributed by atoms with Crippen molar-refractivity contribution in [1.29, 1.82) is 0 Å². The molecule has 0 heterocycles. The molecule has 0 aliphatic heterocycles. The van der Waals surface area contributed by atoms with Crippen molar-refractivity contribution in [2.75, 3.05) is 18.0 Å². The maximum absolute atomic E-state index is 11.4. The Morgan fingerprint density at radius 1 is 1.00 bits per heavy atom. The van der Waals surface area contributed by atoms with Crippen LogP contribution in [0.2, 0.25) is 5.02 Å². The number of carbonyl (C=O) groups is 1. The van der Waals surface area contributed by atoms with Crippen molar-refractivity contribution >= 4 is 29.5 Å². The van der Waals surface area contributed by atoms with E-state index in [2.05, 4.69) is 75.0 Å². The van der Waals surface area contributed by atoms with Gasteiger partial charge < -0.3 is 4.90 Å². The molecule has 0 saturated carbocycles. The predicted octanol–water partition coefficient (Wildman–Crippen LogP) is 7.81. The van der Waals surface area contributed by atoms with Gasteiger partial charge in [0, 0.05) is 23.8 Å². The van der Waals surface area contributed by atoms with Gasteiger partial charge in [-0.3, -0.25) is 9.69 Å². The Hall–Kier alpha value is -2.85. The average Bonchev–Trinajstić information content (AvgIpc) is 2.82. The van der Waals surface area contributed by atoms with Crippen molar-refractivity contribution in [3.8, 4) is 0 Å². The lowest BCUT2D eigenvalue weighted by atomic mass is 10.1. The Bertz CT molecular complexity index is 883. The molecule has 180 valence electrons. The van der Waals surface area contributed by atoms with Gasteiger partial charge in [0.1, 0.15) is 5.84 Å². The normalized spacial score (nSPS) is 10.1. The first-order valence-corrected chi connectivity index (χ1v) is 11.8. The second-order valence-corrected chi connectivity index (χ2v) is 7.60. The van der Waals surface area contributed by atoms with Gasteiger partial charge in [-0.2, -0.15) is 0 Å². The number of hydrogen-bond donors (Lipinski definition) is 0. The van der Waals surface area contributed by atoms with Crippen LogP contribution in [0.15, 0.2) is 78.1 Å². The quantitative estimate of drug-likeness (QED) is 0.171. The number of amides is 1. The zero-order valence-electron chi connectivity index (χ0n) is 21.4. The molecule has 0 bridgehead atoms. The van der Waals surface area contributed by atoms with Crippen molar-refractivity contribution in [3.63, 3.8) is 0 Å². The van der Waals surface area contributed by atoms with E-state index in [-0.39, 0.29) is 0 Å². The standard InChI is InChI=1S/C18H24ClN3O.C8H10.C2H6/c1-6-12-21(7-2)15(4)14(3)20-16(5)22(13-23)18-10-8-17(19)9-11-18;1-7-5-3-4-6-8(7)2;1-2/h8-11,13H,3-4,6-7,12H2,1-2,5H3;3-6H,1-2H3;1-2H3. The van der Waals surface area contributed by atoms with E-state index in [1.165, 1.54) is 16.0 Å². The third-order valence-corrected chi connectivity index (χ3v) is 5.12. The van der Waals surface area contributed by atoms with Crippen molar-refractivity contribution in [1.82, 2.24) is 4.90 Å². The first kappa shape index (κ1) is 30.2. The zero-order chi connectivity index (χ0) is 25.4. The van der Waals surface area contributed by atoms with Crippen LogP contribution in [0.25, 0.3) is 0 Å². The molecule has 5 heteroatoms. The second-order valence-electron chi connectivity index (χ2n) is 7.17. The van der Waals surface area contributed by atoms with Gasteiger partial charge in [-0.15, -0.1) is 0 Å². The lowest BCUT2D eigenvalue weighted by molar-refractivity contribution is -0.106. The molecule has 0 radical (unpaired) electrons. The molecule has 0 aromatic heterocycles. The van der Waals surface area contributed by atoms with E-state index in [0.717, 1.165) is 31.6 Å². The van der Waals surface area contributed by atoms with Crippen molar-refractivity contribution < 1.29 is 4.79 Å². The Morgan fingerprint density at radius 2 is 1.52 bits per heavy atom. The molecule has 0 saturated heterocycles. The summed E-state index contributed by atoms with van der Waals surface area (Å²) in [5.41, 5.74) is 4.76. The first-order chi connectivity index (χ1) is 15.7. The molecule has 0 aliphatic carbocycles. The van der Waals surface area contributed by atoms with E-state index in [4.69, 9.17) is 11.6 Å². The van der Waals surface area contributed by atoms with Gasteiger partial charge in [0.2, 0.25) is 6.41 Å². The number of benzene rings is 2. The molecule has 0 atom stereocenters. The molecule has 1 amide bonds. The minimum absolute atomic E-state index is 0.529. The summed E-state index contributed by atoms with van der Waals surface area (Å²) in [5, 5.41) is 0.616. The summed E-state index contributed by atoms with van der Waals surface area (Å²) in [4.78, 5) is 19.4. The number of anilines is 1. The van der Waals surface area contributed by atoms with Crippen LogP contribution in [0.4, 0.5) is 5.69 Å². The lowest BCUT2D eigenvalue weighted by Crippen LogP contribution is -2.28. The van der Waals surface area contributed by atoms with Gasteiger partial charge >= 0.3 is 0 Å². The number of likely N-dealkylation sites (N-methyl/N-ethyl adjacent to an activating group) is 1. The van der Waals surface area contributed by atoms with Crippen LogP contribution >= 0.6 is 11.6 Å². The third kappa shape index (κ3) is 10.5. The highest BCUT2D eigenvalue weighted by atomic mass is 35.5. The summed E-state index contributed by atoms with van der Waals surface area (Å²) in [6.45, 7) is 24.0. The molecule has 2 rings (SSSR count). The lowest BCUT2D eigenvalue weighted by Gasteiger charge is -2.25. The topological polar surface area (TPSA) is 35.9 Å². The summed E-state index contributed by atoms with van der Waals surface area (Å²) in [7, 11) is 0. The van der Waals surface area contributed by atoms with Gasteiger partial charge in [-0.1, -0.05) is 69.8 Å². The van der Waals surface area contributed by atoms with Crippen LogP contribution in [-0.4, -0.2) is 30.2 Å². The summed E-state index contributed by atoms with van der Waals surface area (Å²) < 4.78 is 0. The Morgan fingerprint density at radius 3 is 1.91 bits per heavy atom. The van der Waals surface area contributed by atoms with Gasteiger partial charge in [-0.25, -0.2) is 4.99 Å². The maximum Gasteiger partial charge on any atom is 0.219 e. The van der Waals surface area contributed by atoms with E-state index in [1.807, 2.05) is 13.8 Å². The minimum atomic E-state index is 0.529. The number of aryl methyl sites for hydroxylation is 2. The monoisotopic (exact) mass is 469 g/mol. The highest BCUT2D eigenvalue weighted by Gasteiger charge is 2.12. The fourth-order valence-corrected chi connectivity index (χ4v) is 2.96. The van der Waals surface area contributed by atoms with Gasteiger partial charge in [-0.05, 0) is 69.5 Å². The van der Waals surface area contributed by atoms with Gasteiger partial charge in [0.05, 0.1) is 11.4 Å². The molecule has 0 N–H and O–H groups in total. The second kappa shape index (κ2) is 16.7. The molecular formula is C28H40ClN3O. The highest BCUT2D eigenvalue weighted by molar-refractivity contribution is 6.30. The van der Waals surface area contributed by atoms with Crippen LogP contribution in [0, 0.1) is 13.8 Å². The van der Waals surface area contributed by atoms with Crippen molar-refractivity contribution in [3.05, 3.63) is 89.2 Å². The largest absolute Gasteiger partial charge is 0.371 e. The van der Waals surface area contributed by atoms with Crippen molar-refractivity contribution in [2.24, 2.45) is 4.99 Å². The molecule has 0 spiro atoms. The number of hydrogen-bond acceptors (Lipinski definition) is 3. The van der Waals surface area contributed by atoms with Crippen LogP contribution in [0.5, 0.6) is 0 Å². The molecule has 0 aliphatic rings. The fraction of sp³-hybridized carbons (Fsp3) is 0.357. The number of nitrogens with zero attached hydrogens (tertiary/aromatic N) is 3. The summed E-state index contributed by atoms with van der Waals surface area (Å²) in [5.74, 6) is 0.529. The minimum Gasteiger partial charge on any atom is -0.371 e. The average molecular weight is 470 g/mol. The summed E-state index contributed by atoms with van der Waals surface area (Å²) in [6, 6.07) is 15.4. The number of rotatable bonds is 8. The molecule has 2 aromatic carbocycles. The SMILES string of the molecule is C=C(N=C(C)N(C=O)c1ccc(Cl)cc1)C(=C)N(CC)CCC.CC.Cc1ccccc1C. The van der Waals surface area contributed by atoms with E-state index in [9.17, 15) is 4.79 Å². The van der Waals surface area contributed by atoms with E-state index < -0.39 is 0 Å². The Kier molecular flexibility index (Phi) is 15.3. The Balaban J connectivity index is 0.000000849. The van der Waals surface area contributed by atoms with E-state index >= 15 is 0 Å². The maximum atomic E-state index is 11.4. The molecule has 33 heavy (non-hydrogen) atoms. The van der Waals surface area contributed by atoms with Crippen LogP contribution in [-0.2, 0) is 4.79 Å². The predicted molar refractivity (Wildman–Crippen MR) is 146 cm³/mol. The summed E-state index contributed by atoms with van der Waals surface area (Å²) >= 11 is 5.88. The van der Waals surface area contributed by atoms with Crippen LogP contribution < -0.4 is 4.90 Å². The number of halogens is 1. The third-order valence-electron chi connectivity index (χ3n) is 4.87. The molecule has 4 nitrogen and oxygen atoms in total. The number of aliphatic imine (C=N–C) groups is 1. The molecular weight excluding hydrogens is 430 g/mol. The number of amidine groups is 1. The zero-order valence-corrected chi connectivity index (χ0v) is 22.1. The van der Waals surface area contributed by atoms with Crippen molar-refractivity contribution in [2.45, 2.75) is 54.9 Å². The summed E-state index contributed by atoms with van der Waals surface area (Å²) in [6.07, 6.45) is 1.75. The van der Waals surface area contributed by atoms with Crippen LogP contribution in [0.3, 0.4) is 0 Å². The highest BCUT2D eigenvalue weighted by Crippen LogP contribution is 2.19. The number of carbonyl (C=O) groups excluding carboxylic acids is 1. The molecule has 0 unspecified atom stereocenters.